The van der Waals surface area contributed by atoms with Crippen molar-refractivity contribution in [2.75, 3.05) is 0 Å². The lowest BCUT2D eigenvalue weighted by atomic mass is 10.4. The second kappa shape index (κ2) is 9.63. The van der Waals surface area contributed by atoms with Gasteiger partial charge >= 0.3 is 0 Å². The van der Waals surface area contributed by atoms with Gasteiger partial charge in [0.05, 0.1) is 0 Å². The van der Waals surface area contributed by atoms with Crippen LogP contribution in [0.1, 0.15) is 14.4 Å². The van der Waals surface area contributed by atoms with Gasteiger partial charge in [-0.2, -0.15) is 0 Å². The van der Waals surface area contributed by atoms with Gasteiger partial charge in [-0.3, -0.25) is 4.79 Å². The summed E-state index contributed by atoms with van der Waals surface area (Å²) in [6.45, 7) is 4.68. The summed E-state index contributed by atoms with van der Waals surface area (Å²) < 4.78 is 0. The molecule has 0 bridgehead atoms. The monoisotopic (exact) mass is 164 g/mol. The van der Waals surface area contributed by atoms with Gasteiger partial charge < -0.3 is 0 Å². The molecule has 0 aliphatic rings. The number of allylic oxidation sites excluding steroid dienone is 1. The number of hydrogen-bond donors (Lipinski definition) is 0. The molecule has 0 aromatic heterocycles. The van der Waals surface area contributed by atoms with Gasteiger partial charge in [-0.15, -0.1) is 0 Å². The molecule has 0 aliphatic carbocycles. The molecule has 0 radical (unpaired) electrons. The molecule has 12 heavy (non-hydrogen) atoms. The molecular weight excluding hydrogens is 148 g/mol. The van der Waals surface area contributed by atoms with Gasteiger partial charge in [0.25, 0.3) is 0 Å². The van der Waals surface area contributed by atoms with E-state index in [9.17, 15) is 4.79 Å². The molecule has 1 nitrogen and oxygen atoms in total. The van der Waals surface area contributed by atoms with Gasteiger partial charge in [0, 0.05) is 0 Å². The molecule has 0 spiro atoms. The predicted molar refractivity (Wildman–Crippen MR) is 54.1 cm³/mol. The van der Waals surface area contributed by atoms with E-state index in [1.54, 1.807) is 0 Å². The Bertz CT molecular complexity index is 175. The maximum Gasteiger partial charge on any atom is 0.152 e. The number of ketones is 1. The minimum Gasteiger partial charge on any atom is -0.295 e. The van der Waals surface area contributed by atoms with E-state index in [2.05, 4.69) is 6.58 Å². The lowest BCUT2D eigenvalue weighted by Gasteiger charge is -1.69. The van der Waals surface area contributed by atoms with Crippen molar-refractivity contribution in [3.8, 4) is 0 Å². The Labute approximate surface area is 74.7 Å². The van der Waals surface area contributed by atoms with Crippen molar-refractivity contribution in [3.05, 3.63) is 49.1 Å². The summed E-state index contributed by atoms with van der Waals surface area (Å²) in [6.07, 6.45) is 1.28. The van der Waals surface area contributed by atoms with Crippen molar-refractivity contribution in [2.45, 2.75) is 14.4 Å². The summed E-state index contributed by atoms with van der Waals surface area (Å²) in [5, 5.41) is 0. The van der Waals surface area contributed by atoms with Gasteiger partial charge in [-0.05, 0) is 13.0 Å². The van der Waals surface area contributed by atoms with Crippen LogP contribution < -0.4 is 0 Å². The van der Waals surface area contributed by atoms with Crippen LogP contribution in [0.3, 0.4) is 0 Å². The molecule has 0 saturated heterocycles. The zero-order valence-corrected chi connectivity index (χ0v) is 6.66. The fourth-order valence-electron chi connectivity index (χ4n) is 0.385. The van der Waals surface area contributed by atoms with Crippen LogP contribution in [0, 0.1) is 0 Å². The molecular formula is C11H16O. The van der Waals surface area contributed by atoms with Gasteiger partial charge in [0.2, 0.25) is 0 Å². The molecule has 0 heterocycles. The fourth-order valence-corrected chi connectivity index (χ4v) is 0.385. The SMILES string of the molecule is C.C=CC(C)=O.c1ccccc1. The highest BCUT2D eigenvalue weighted by Crippen LogP contribution is 1.79. The van der Waals surface area contributed by atoms with Crippen molar-refractivity contribution in [2.24, 2.45) is 0 Å². The van der Waals surface area contributed by atoms with Crippen molar-refractivity contribution in [1.29, 1.82) is 0 Å². The molecule has 0 N–H and O–H groups in total. The second-order valence-corrected chi connectivity index (χ2v) is 1.97. The van der Waals surface area contributed by atoms with E-state index in [-0.39, 0.29) is 13.2 Å². The number of hydrogen-bond acceptors (Lipinski definition) is 1. The molecule has 1 heteroatoms. The lowest BCUT2D eigenvalue weighted by Crippen LogP contribution is -1.74. The Hall–Kier alpha value is -1.37. The Morgan fingerprint density at radius 3 is 1.33 bits per heavy atom. The van der Waals surface area contributed by atoms with Crippen molar-refractivity contribution < 1.29 is 4.79 Å². The minimum absolute atomic E-state index is 0. The van der Waals surface area contributed by atoms with Crippen molar-refractivity contribution in [1.82, 2.24) is 0 Å². The van der Waals surface area contributed by atoms with Crippen LogP contribution in [0.5, 0.6) is 0 Å². The van der Waals surface area contributed by atoms with E-state index in [1.165, 1.54) is 13.0 Å². The van der Waals surface area contributed by atoms with Crippen molar-refractivity contribution in [3.63, 3.8) is 0 Å². The fraction of sp³-hybridized carbons (Fsp3) is 0.182. The zero-order chi connectivity index (χ0) is 8.53. The quantitative estimate of drug-likeness (QED) is 0.583. The smallest absolute Gasteiger partial charge is 0.152 e. The van der Waals surface area contributed by atoms with E-state index in [4.69, 9.17) is 0 Å². The maximum atomic E-state index is 9.69. The number of carbonyl (C=O) groups is 1. The number of benzene rings is 1. The molecule has 0 unspecified atom stereocenters. The standard InChI is InChI=1S/C6H6.C4H6O.CH4/c1-2-4-6-5-3-1;1-3-4(2)5;/h1-6H;3H,1H2,2H3;1H4. The Morgan fingerprint density at radius 1 is 1.08 bits per heavy atom. The number of rotatable bonds is 1. The predicted octanol–water partition coefficient (Wildman–Crippen LogP) is 3.08. The Balaban J connectivity index is 0. The summed E-state index contributed by atoms with van der Waals surface area (Å²) in [5.74, 6) is 0.0185. The zero-order valence-electron chi connectivity index (χ0n) is 6.66. The van der Waals surface area contributed by atoms with Crippen LogP contribution in [-0.4, -0.2) is 5.78 Å². The number of carbonyl (C=O) groups excluding carboxylic acids is 1. The normalized spacial score (nSPS) is 6.75. The average Bonchev–Trinajstić information content (AvgIpc) is 2.09. The topological polar surface area (TPSA) is 17.1 Å². The molecule has 0 saturated carbocycles. The van der Waals surface area contributed by atoms with Gasteiger partial charge in [0.1, 0.15) is 0 Å². The van der Waals surface area contributed by atoms with E-state index in [1.807, 2.05) is 36.4 Å². The summed E-state index contributed by atoms with van der Waals surface area (Å²) >= 11 is 0. The van der Waals surface area contributed by atoms with Crippen LogP contribution in [-0.2, 0) is 4.79 Å². The molecule has 0 atom stereocenters. The summed E-state index contributed by atoms with van der Waals surface area (Å²) in [6, 6.07) is 12.0. The van der Waals surface area contributed by atoms with Gasteiger partial charge in [0.15, 0.2) is 5.78 Å². The largest absolute Gasteiger partial charge is 0.295 e. The molecule has 66 valence electrons. The summed E-state index contributed by atoms with van der Waals surface area (Å²) in [5.41, 5.74) is 0. The third kappa shape index (κ3) is 11.4. The lowest BCUT2D eigenvalue weighted by molar-refractivity contribution is -0.112. The molecule has 1 rings (SSSR count). The van der Waals surface area contributed by atoms with Crippen LogP contribution in [0.2, 0.25) is 0 Å². The highest BCUT2D eigenvalue weighted by molar-refractivity contribution is 5.86. The second-order valence-electron chi connectivity index (χ2n) is 1.97. The van der Waals surface area contributed by atoms with Crippen LogP contribution in [0.4, 0.5) is 0 Å². The van der Waals surface area contributed by atoms with E-state index < -0.39 is 0 Å². The van der Waals surface area contributed by atoms with Crippen LogP contribution in [0.25, 0.3) is 0 Å². The Kier molecular flexibility index (Phi) is 10.6. The first-order valence-electron chi connectivity index (χ1n) is 3.40. The summed E-state index contributed by atoms with van der Waals surface area (Å²) in [4.78, 5) is 9.69. The Morgan fingerprint density at radius 2 is 1.25 bits per heavy atom. The van der Waals surface area contributed by atoms with E-state index in [0.29, 0.717) is 0 Å². The van der Waals surface area contributed by atoms with Gasteiger partial charge in [-0.1, -0.05) is 50.4 Å². The molecule has 1 aromatic carbocycles. The van der Waals surface area contributed by atoms with Crippen LogP contribution in [0.15, 0.2) is 49.1 Å². The molecule has 0 fully saturated rings. The van der Waals surface area contributed by atoms with Crippen molar-refractivity contribution >= 4 is 5.78 Å². The third-order valence-electron chi connectivity index (χ3n) is 0.954. The first-order valence-corrected chi connectivity index (χ1v) is 3.40. The van der Waals surface area contributed by atoms with E-state index in [0.717, 1.165) is 0 Å². The molecule has 0 amide bonds. The average molecular weight is 164 g/mol. The maximum absolute atomic E-state index is 9.69. The van der Waals surface area contributed by atoms with Crippen LogP contribution >= 0.6 is 0 Å². The first-order chi connectivity index (χ1) is 5.27. The minimum atomic E-state index is 0. The first kappa shape index (κ1) is 13.2. The third-order valence-corrected chi connectivity index (χ3v) is 0.954. The molecule has 0 aliphatic heterocycles. The summed E-state index contributed by atoms with van der Waals surface area (Å²) in [7, 11) is 0. The van der Waals surface area contributed by atoms with E-state index >= 15 is 0 Å². The molecule has 1 aromatic rings. The van der Waals surface area contributed by atoms with Gasteiger partial charge in [-0.25, -0.2) is 0 Å². The highest BCUT2D eigenvalue weighted by atomic mass is 16.1. The highest BCUT2D eigenvalue weighted by Gasteiger charge is 1.69.